The lowest BCUT2D eigenvalue weighted by Gasteiger charge is -2.08. The van der Waals surface area contributed by atoms with Gasteiger partial charge in [0, 0.05) is 5.56 Å². The average Bonchev–Trinajstić information content (AvgIpc) is 2.53. The summed E-state index contributed by atoms with van der Waals surface area (Å²) >= 11 is 0. The molecule has 0 radical (unpaired) electrons. The Bertz CT molecular complexity index is 615. The lowest BCUT2D eigenvalue weighted by Crippen LogP contribution is -2.13. The Morgan fingerprint density at radius 1 is 1.19 bits per heavy atom. The van der Waals surface area contributed by atoms with Crippen LogP contribution in [-0.2, 0) is 6.42 Å². The predicted octanol–water partition coefficient (Wildman–Crippen LogP) is 2.93. The topological polar surface area (TPSA) is 67.8 Å². The molecule has 0 aliphatic heterocycles. The van der Waals surface area contributed by atoms with Gasteiger partial charge in [-0.3, -0.25) is 0 Å². The van der Waals surface area contributed by atoms with Crippen LogP contribution in [0, 0.1) is 5.82 Å². The van der Waals surface area contributed by atoms with E-state index in [0.29, 0.717) is 12.2 Å². The van der Waals surface area contributed by atoms with Crippen LogP contribution < -0.4 is 10.5 Å². The van der Waals surface area contributed by atoms with E-state index in [9.17, 15) is 4.39 Å². The molecule has 0 spiro atoms. The highest BCUT2D eigenvalue weighted by Gasteiger charge is 2.07. The van der Waals surface area contributed by atoms with Crippen LogP contribution >= 0.6 is 0 Å². The van der Waals surface area contributed by atoms with Crippen LogP contribution in [0.2, 0.25) is 0 Å². The maximum Gasteiger partial charge on any atom is 0.170 e. The van der Waals surface area contributed by atoms with Crippen LogP contribution in [0.15, 0.2) is 53.7 Å². The van der Waals surface area contributed by atoms with Crippen LogP contribution in [0.3, 0.4) is 0 Å². The molecule has 0 fully saturated rings. The number of hydrogen-bond acceptors (Lipinski definition) is 3. The normalized spacial score (nSPS) is 11.4. The molecule has 0 saturated heterocycles. The molecule has 2 rings (SSSR count). The second-order valence-electron chi connectivity index (χ2n) is 4.57. The largest absolute Gasteiger partial charge is 0.491 e. The number of nitrogens with zero attached hydrogens (tertiary/aromatic N) is 1. The molecule has 0 bridgehead atoms. The van der Waals surface area contributed by atoms with Gasteiger partial charge in [0.2, 0.25) is 0 Å². The maximum absolute atomic E-state index is 13.8. The van der Waals surface area contributed by atoms with Gasteiger partial charge < -0.3 is 15.7 Å². The molecule has 110 valence electrons. The van der Waals surface area contributed by atoms with E-state index in [2.05, 4.69) is 5.16 Å². The van der Waals surface area contributed by atoms with Crippen molar-refractivity contribution in [1.29, 1.82) is 0 Å². The highest BCUT2D eigenvalue weighted by molar-refractivity contribution is 5.97. The zero-order chi connectivity index (χ0) is 15.1. The zero-order valence-corrected chi connectivity index (χ0v) is 11.5. The third-order valence-corrected chi connectivity index (χ3v) is 3.05. The molecule has 5 heteroatoms. The Hall–Kier alpha value is -2.56. The molecule has 0 unspecified atom stereocenters. The summed E-state index contributed by atoms with van der Waals surface area (Å²) in [7, 11) is 0. The summed E-state index contributed by atoms with van der Waals surface area (Å²) in [6.07, 6.45) is 1.68. The summed E-state index contributed by atoms with van der Waals surface area (Å²) in [5, 5.41) is 11.4. The molecule has 0 amide bonds. The minimum Gasteiger partial charge on any atom is -0.491 e. The van der Waals surface area contributed by atoms with E-state index in [0.717, 1.165) is 12.8 Å². The Morgan fingerprint density at radius 2 is 1.95 bits per heavy atom. The first kappa shape index (κ1) is 14.8. The van der Waals surface area contributed by atoms with E-state index >= 15 is 0 Å². The lowest BCUT2D eigenvalue weighted by atomic mass is 10.1. The first-order chi connectivity index (χ1) is 10.2. The van der Waals surface area contributed by atoms with E-state index < -0.39 is 5.82 Å². The van der Waals surface area contributed by atoms with Gasteiger partial charge in [-0.2, -0.15) is 0 Å². The number of benzene rings is 2. The number of aryl methyl sites for hydroxylation is 1. The van der Waals surface area contributed by atoms with Gasteiger partial charge in [-0.1, -0.05) is 35.5 Å². The van der Waals surface area contributed by atoms with E-state index in [4.69, 9.17) is 15.7 Å². The molecule has 0 aromatic heterocycles. The van der Waals surface area contributed by atoms with Crippen LogP contribution in [0.25, 0.3) is 0 Å². The van der Waals surface area contributed by atoms with E-state index in [1.807, 2.05) is 30.3 Å². The minimum atomic E-state index is -0.529. The van der Waals surface area contributed by atoms with Crippen LogP contribution in [-0.4, -0.2) is 17.6 Å². The molecular weight excluding hydrogens is 271 g/mol. The first-order valence-electron chi connectivity index (χ1n) is 6.65. The monoisotopic (exact) mass is 288 g/mol. The van der Waals surface area contributed by atoms with Gasteiger partial charge >= 0.3 is 0 Å². The summed E-state index contributed by atoms with van der Waals surface area (Å²) in [4.78, 5) is 0. The maximum atomic E-state index is 13.8. The molecule has 0 aliphatic rings. The van der Waals surface area contributed by atoms with E-state index in [1.165, 1.54) is 17.7 Å². The summed E-state index contributed by atoms with van der Waals surface area (Å²) in [6.45, 7) is 0.425. The second kappa shape index (κ2) is 7.28. The Kier molecular flexibility index (Phi) is 5.15. The SMILES string of the molecule is NC(=NO)c1ccc(OCCCc2ccccc2)c(F)c1. The number of amidine groups is 1. The number of halogens is 1. The highest BCUT2D eigenvalue weighted by atomic mass is 19.1. The van der Waals surface area contributed by atoms with Crippen molar-refractivity contribution >= 4 is 5.84 Å². The third-order valence-electron chi connectivity index (χ3n) is 3.05. The minimum absolute atomic E-state index is 0.135. The van der Waals surface area contributed by atoms with Crippen LogP contribution in [0.5, 0.6) is 5.75 Å². The van der Waals surface area contributed by atoms with E-state index in [1.54, 1.807) is 6.07 Å². The second-order valence-corrected chi connectivity index (χ2v) is 4.57. The Morgan fingerprint density at radius 3 is 2.62 bits per heavy atom. The van der Waals surface area contributed by atoms with Gasteiger partial charge in [-0.05, 0) is 36.6 Å². The number of nitrogens with two attached hydrogens (primary N) is 1. The molecule has 0 heterocycles. The fourth-order valence-corrected chi connectivity index (χ4v) is 1.94. The molecule has 4 nitrogen and oxygen atoms in total. The fourth-order valence-electron chi connectivity index (χ4n) is 1.94. The van der Waals surface area contributed by atoms with Crippen molar-refractivity contribution < 1.29 is 14.3 Å². The first-order valence-corrected chi connectivity index (χ1v) is 6.65. The van der Waals surface area contributed by atoms with Crippen LogP contribution in [0.4, 0.5) is 4.39 Å². The molecule has 0 aliphatic carbocycles. The molecule has 0 saturated carbocycles. The summed E-state index contributed by atoms with van der Waals surface area (Å²) in [5.41, 5.74) is 6.93. The fraction of sp³-hybridized carbons (Fsp3) is 0.188. The van der Waals surface area contributed by atoms with Gasteiger partial charge in [-0.15, -0.1) is 0 Å². The summed E-state index contributed by atoms with van der Waals surface area (Å²) < 4.78 is 19.2. The lowest BCUT2D eigenvalue weighted by molar-refractivity contribution is 0.295. The number of oxime groups is 1. The third kappa shape index (κ3) is 4.21. The quantitative estimate of drug-likeness (QED) is 0.282. The van der Waals surface area contributed by atoms with Crippen molar-refractivity contribution in [2.45, 2.75) is 12.8 Å². The molecule has 0 atom stereocenters. The van der Waals surface area contributed by atoms with Crippen molar-refractivity contribution in [3.05, 3.63) is 65.5 Å². The average molecular weight is 288 g/mol. The van der Waals surface area contributed by atoms with Crippen molar-refractivity contribution in [1.82, 2.24) is 0 Å². The summed E-state index contributed by atoms with van der Waals surface area (Å²) in [6, 6.07) is 14.2. The zero-order valence-electron chi connectivity index (χ0n) is 11.5. The number of rotatable bonds is 6. The van der Waals surface area contributed by atoms with Gasteiger partial charge in [0.1, 0.15) is 0 Å². The Balaban J connectivity index is 1.86. The molecule has 3 N–H and O–H groups in total. The van der Waals surface area contributed by atoms with Gasteiger partial charge in [0.05, 0.1) is 6.61 Å². The summed E-state index contributed by atoms with van der Waals surface area (Å²) in [5.74, 6) is -0.499. The predicted molar refractivity (Wildman–Crippen MR) is 79.2 cm³/mol. The van der Waals surface area contributed by atoms with Crippen molar-refractivity contribution in [3.63, 3.8) is 0 Å². The molecule has 2 aromatic rings. The van der Waals surface area contributed by atoms with Crippen molar-refractivity contribution in [3.8, 4) is 5.75 Å². The van der Waals surface area contributed by atoms with Gasteiger partial charge in [-0.25, -0.2) is 4.39 Å². The van der Waals surface area contributed by atoms with E-state index in [-0.39, 0.29) is 11.6 Å². The van der Waals surface area contributed by atoms with Crippen LogP contribution in [0.1, 0.15) is 17.5 Å². The molecule has 2 aromatic carbocycles. The smallest absolute Gasteiger partial charge is 0.170 e. The molecular formula is C16H17FN2O2. The van der Waals surface area contributed by atoms with Gasteiger partial charge in [0.25, 0.3) is 0 Å². The van der Waals surface area contributed by atoms with Crippen molar-refractivity contribution in [2.24, 2.45) is 10.9 Å². The van der Waals surface area contributed by atoms with Gasteiger partial charge in [0.15, 0.2) is 17.4 Å². The molecule has 21 heavy (non-hydrogen) atoms. The highest BCUT2D eigenvalue weighted by Crippen LogP contribution is 2.18. The number of ether oxygens (including phenoxy) is 1. The standard InChI is InChI=1S/C16H17FN2O2/c17-14-11-13(16(18)19-20)8-9-15(14)21-10-4-7-12-5-2-1-3-6-12/h1-3,5-6,8-9,11,20H,4,7,10H2,(H2,18,19). The Labute approximate surface area is 122 Å². The number of hydrogen-bond donors (Lipinski definition) is 2. The van der Waals surface area contributed by atoms with Crippen molar-refractivity contribution in [2.75, 3.05) is 6.61 Å².